The number of amides is 1. The summed E-state index contributed by atoms with van der Waals surface area (Å²) in [5.41, 5.74) is 0.476. The van der Waals surface area contributed by atoms with Gasteiger partial charge in [0, 0.05) is 13.0 Å². The maximum absolute atomic E-state index is 12.3. The van der Waals surface area contributed by atoms with E-state index in [1.54, 1.807) is 35.7 Å². The highest BCUT2D eigenvalue weighted by atomic mass is 32.1. The number of para-hydroxylation sites is 1. The largest absolute Gasteiger partial charge is 0.465 e. The smallest absolute Gasteiger partial charge is 0.339 e. The average Bonchev–Trinajstić information content (AvgIpc) is 3.10. The third-order valence-corrected chi connectivity index (χ3v) is 4.46. The zero-order chi connectivity index (χ0) is 17.8. The number of ether oxygens (including phenoxy) is 1. The Balaban J connectivity index is 1.70. The minimum atomic E-state index is -0.528. The van der Waals surface area contributed by atoms with E-state index in [1.807, 2.05) is 0 Å². The van der Waals surface area contributed by atoms with Gasteiger partial charge in [0.15, 0.2) is 0 Å². The van der Waals surface area contributed by atoms with Gasteiger partial charge in [0.05, 0.1) is 30.1 Å². The van der Waals surface area contributed by atoms with Crippen molar-refractivity contribution < 1.29 is 14.3 Å². The van der Waals surface area contributed by atoms with Crippen molar-refractivity contribution in [1.29, 1.82) is 0 Å². The number of hydrogen-bond donors (Lipinski definition) is 1. The van der Waals surface area contributed by atoms with Crippen LogP contribution < -0.4 is 10.9 Å². The van der Waals surface area contributed by atoms with Gasteiger partial charge in [-0.05, 0) is 23.6 Å². The molecule has 0 unspecified atom stereocenters. The lowest BCUT2D eigenvalue weighted by Crippen LogP contribution is -2.23. The van der Waals surface area contributed by atoms with Gasteiger partial charge in [-0.25, -0.2) is 9.78 Å². The number of carbonyl (C=O) groups is 2. The first-order valence-corrected chi connectivity index (χ1v) is 8.38. The molecule has 0 aliphatic rings. The highest BCUT2D eigenvalue weighted by Gasteiger charge is 2.13. The number of esters is 1. The number of fused-ring (bicyclic) bond motifs is 1. The Hall–Kier alpha value is -3.00. The van der Waals surface area contributed by atoms with E-state index >= 15 is 0 Å². The molecule has 1 aromatic carbocycles. The SMILES string of the molecule is COC(=O)c1ccccc1NC(=O)CCn1cnc2sccc2c1=O. The van der Waals surface area contributed by atoms with E-state index in [1.165, 1.54) is 29.3 Å². The fraction of sp³-hybridized carbons (Fsp3) is 0.176. The van der Waals surface area contributed by atoms with Crippen molar-refractivity contribution in [3.05, 3.63) is 58.0 Å². The number of benzene rings is 1. The highest BCUT2D eigenvalue weighted by Crippen LogP contribution is 2.16. The summed E-state index contributed by atoms with van der Waals surface area (Å²) in [6, 6.07) is 8.30. The van der Waals surface area contributed by atoms with Gasteiger partial charge in [0.25, 0.3) is 5.56 Å². The molecule has 0 saturated heterocycles. The van der Waals surface area contributed by atoms with Crippen molar-refractivity contribution in [1.82, 2.24) is 9.55 Å². The molecule has 3 rings (SSSR count). The van der Waals surface area contributed by atoms with E-state index in [2.05, 4.69) is 10.3 Å². The molecule has 128 valence electrons. The molecule has 0 saturated carbocycles. The highest BCUT2D eigenvalue weighted by molar-refractivity contribution is 7.16. The molecule has 2 aromatic heterocycles. The van der Waals surface area contributed by atoms with Gasteiger partial charge in [-0.2, -0.15) is 0 Å². The van der Waals surface area contributed by atoms with E-state index in [0.29, 0.717) is 15.9 Å². The van der Waals surface area contributed by atoms with E-state index in [9.17, 15) is 14.4 Å². The Morgan fingerprint density at radius 3 is 2.88 bits per heavy atom. The normalized spacial score (nSPS) is 10.6. The second kappa shape index (κ2) is 7.27. The zero-order valence-electron chi connectivity index (χ0n) is 13.4. The van der Waals surface area contributed by atoms with Crippen LogP contribution in [0.5, 0.6) is 0 Å². The maximum atomic E-state index is 12.3. The van der Waals surface area contributed by atoms with Crippen LogP contribution >= 0.6 is 11.3 Å². The van der Waals surface area contributed by atoms with Crippen LogP contribution in [-0.2, 0) is 16.1 Å². The Labute approximate surface area is 146 Å². The number of nitrogens with one attached hydrogen (secondary N) is 1. The molecule has 8 heteroatoms. The minimum absolute atomic E-state index is 0.0761. The molecule has 0 bridgehead atoms. The molecule has 3 aromatic rings. The predicted octanol–water partition coefficient (Wildman–Crippen LogP) is 2.27. The molecule has 7 nitrogen and oxygen atoms in total. The molecule has 1 amide bonds. The van der Waals surface area contributed by atoms with Gasteiger partial charge in [0.2, 0.25) is 5.91 Å². The fourth-order valence-electron chi connectivity index (χ4n) is 2.37. The van der Waals surface area contributed by atoms with Gasteiger partial charge in [-0.1, -0.05) is 12.1 Å². The fourth-order valence-corrected chi connectivity index (χ4v) is 3.09. The Kier molecular flexibility index (Phi) is 4.90. The first-order valence-electron chi connectivity index (χ1n) is 7.50. The molecule has 0 aliphatic heterocycles. The molecular formula is C17H15N3O4S. The van der Waals surface area contributed by atoms with E-state index in [4.69, 9.17) is 4.74 Å². The molecule has 25 heavy (non-hydrogen) atoms. The van der Waals surface area contributed by atoms with Crippen LogP contribution in [0.2, 0.25) is 0 Å². The third kappa shape index (κ3) is 3.58. The Morgan fingerprint density at radius 2 is 2.08 bits per heavy atom. The number of nitrogens with zero attached hydrogens (tertiary/aromatic N) is 2. The zero-order valence-corrected chi connectivity index (χ0v) is 14.2. The molecule has 0 atom stereocenters. The monoisotopic (exact) mass is 357 g/mol. The molecule has 1 N–H and O–H groups in total. The van der Waals surface area contributed by atoms with Gasteiger partial charge < -0.3 is 10.1 Å². The number of rotatable bonds is 5. The van der Waals surface area contributed by atoms with Crippen LogP contribution in [0.1, 0.15) is 16.8 Å². The number of aromatic nitrogens is 2. The van der Waals surface area contributed by atoms with E-state index < -0.39 is 5.97 Å². The summed E-state index contributed by atoms with van der Waals surface area (Å²) in [4.78, 5) is 41.0. The Morgan fingerprint density at radius 1 is 1.28 bits per heavy atom. The van der Waals surface area contributed by atoms with Crippen LogP contribution in [0, 0.1) is 0 Å². The van der Waals surface area contributed by atoms with Crippen molar-refractivity contribution in [2.75, 3.05) is 12.4 Å². The standard InChI is InChI=1S/C17H15N3O4S/c1-24-17(23)11-4-2-3-5-13(11)19-14(21)6-8-20-10-18-15-12(16(20)22)7-9-25-15/h2-5,7,9-10H,6,8H2,1H3,(H,19,21). The Bertz CT molecular complexity index is 993. The van der Waals surface area contributed by atoms with Crippen molar-refractivity contribution in [3.63, 3.8) is 0 Å². The second-order valence-corrected chi connectivity index (χ2v) is 6.11. The molecule has 2 heterocycles. The van der Waals surface area contributed by atoms with Gasteiger partial charge in [-0.3, -0.25) is 14.2 Å². The van der Waals surface area contributed by atoms with E-state index in [-0.39, 0.29) is 30.0 Å². The van der Waals surface area contributed by atoms with Crippen LogP contribution in [0.3, 0.4) is 0 Å². The van der Waals surface area contributed by atoms with Crippen molar-refractivity contribution in [2.24, 2.45) is 0 Å². The van der Waals surface area contributed by atoms with Crippen LogP contribution in [0.15, 0.2) is 46.8 Å². The van der Waals surface area contributed by atoms with Crippen LogP contribution in [-0.4, -0.2) is 28.5 Å². The van der Waals surface area contributed by atoms with Gasteiger partial charge >= 0.3 is 5.97 Å². The summed E-state index contributed by atoms with van der Waals surface area (Å²) in [6.45, 7) is 0.198. The van der Waals surface area contributed by atoms with Crippen molar-refractivity contribution >= 4 is 39.1 Å². The molecular weight excluding hydrogens is 342 g/mol. The number of hydrogen-bond acceptors (Lipinski definition) is 6. The van der Waals surface area contributed by atoms with Crippen LogP contribution in [0.25, 0.3) is 10.2 Å². The summed E-state index contributed by atoms with van der Waals surface area (Å²) in [6.07, 6.45) is 1.52. The summed E-state index contributed by atoms with van der Waals surface area (Å²) in [5, 5.41) is 5.02. The van der Waals surface area contributed by atoms with Gasteiger partial charge in [0.1, 0.15) is 4.83 Å². The van der Waals surface area contributed by atoms with Crippen molar-refractivity contribution in [3.8, 4) is 0 Å². The summed E-state index contributed by atoms with van der Waals surface area (Å²) in [7, 11) is 1.28. The lowest BCUT2D eigenvalue weighted by atomic mass is 10.1. The first-order chi connectivity index (χ1) is 12.1. The maximum Gasteiger partial charge on any atom is 0.339 e. The number of carbonyl (C=O) groups excluding carboxylic acids is 2. The molecule has 0 spiro atoms. The number of aryl methyl sites for hydroxylation is 1. The summed E-state index contributed by atoms with van der Waals surface area (Å²) in [5.74, 6) is -0.840. The number of methoxy groups -OCH3 is 1. The second-order valence-electron chi connectivity index (χ2n) is 5.22. The van der Waals surface area contributed by atoms with Gasteiger partial charge in [-0.15, -0.1) is 11.3 Å². The molecule has 0 radical (unpaired) electrons. The lowest BCUT2D eigenvalue weighted by molar-refractivity contribution is -0.116. The summed E-state index contributed by atoms with van der Waals surface area (Å²) >= 11 is 1.40. The predicted molar refractivity (Wildman–Crippen MR) is 94.9 cm³/mol. The van der Waals surface area contributed by atoms with Crippen molar-refractivity contribution in [2.45, 2.75) is 13.0 Å². The minimum Gasteiger partial charge on any atom is -0.465 e. The third-order valence-electron chi connectivity index (χ3n) is 3.64. The first kappa shape index (κ1) is 16.8. The molecule has 0 fully saturated rings. The molecule has 0 aliphatic carbocycles. The quantitative estimate of drug-likeness (QED) is 0.708. The summed E-state index contributed by atoms with van der Waals surface area (Å²) < 4.78 is 6.10. The van der Waals surface area contributed by atoms with E-state index in [0.717, 1.165) is 0 Å². The number of thiophene rings is 1. The topological polar surface area (TPSA) is 90.3 Å². The van der Waals surface area contributed by atoms with Crippen LogP contribution in [0.4, 0.5) is 5.69 Å². The lowest BCUT2D eigenvalue weighted by Gasteiger charge is -2.10. The average molecular weight is 357 g/mol. The number of anilines is 1.